The Morgan fingerprint density at radius 1 is 1.42 bits per heavy atom. The molecular weight excluding hydrogens is 276 g/mol. The van der Waals surface area contributed by atoms with E-state index in [4.69, 9.17) is 0 Å². The fourth-order valence-electron chi connectivity index (χ4n) is 1.61. The van der Waals surface area contributed by atoms with Crippen LogP contribution in [-0.4, -0.2) is 14.7 Å². The molecule has 1 aromatic heterocycles. The molecule has 0 amide bonds. The van der Waals surface area contributed by atoms with E-state index in [1.54, 1.807) is 0 Å². The lowest BCUT2D eigenvalue weighted by molar-refractivity contribution is -0.388. The Labute approximate surface area is 111 Å². The van der Waals surface area contributed by atoms with Gasteiger partial charge in [0.2, 0.25) is 0 Å². The molecule has 0 aliphatic rings. The maximum Gasteiger partial charge on any atom is 0.324 e. The molecule has 19 heavy (non-hydrogen) atoms. The van der Waals surface area contributed by atoms with Crippen LogP contribution in [0.4, 0.5) is 14.5 Å². The Bertz CT molecular complexity index is 658. The summed E-state index contributed by atoms with van der Waals surface area (Å²) in [6.45, 7) is 1.50. The molecular formula is C11H9F2N3O2S. The van der Waals surface area contributed by atoms with Gasteiger partial charge in [-0.15, -0.1) is 0 Å². The SMILES string of the molecule is Cc1nn(C)c(Sc2ccc(F)cc2F)c1[N+](=O)[O-]. The molecule has 2 rings (SSSR count). The average Bonchev–Trinajstić information content (AvgIpc) is 2.57. The van der Waals surface area contributed by atoms with Gasteiger partial charge < -0.3 is 0 Å². The van der Waals surface area contributed by atoms with Gasteiger partial charge in [0, 0.05) is 18.0 Å². The van der Waals surface area contributed by atoms with Crippen LogP contribution in [0.5, 0.6) is 0 Å². The lowest BCUT2D eigenvalue weighted by Crippen LogP contribution is -1.95. The van der Waals surface area contributed by atoms with Gasteiger partial charge >= 0.3 is 5.69 Å². The molecule has 0 aliphatic heterocycles. The van der Waals surface area contributed by atoms with Crippen LogP contribution in [0.3, 0.4) is 0 Å². The third kappa shape index (κ3) is 2.58. The molecule has 1 aromatic carbocycles. The summed E-state index contributed by atoms with van der Waals surface area (Å²) in [6.07, 6.45) is 0. The summed E-state index contributed by atoms with van der Waals surface area (Å²) in [6, 6.07) is 3.07. The summed E-state index contributed by atoms with van der Waals surface area (Å²) in [5, 5.41) is 15.1. The van der Waals surface area contributed by atoms with Crippen LogP contribution in [0.25, 0.3) is 0 Å². The molecule has 0 fully saturated rings. The van der Waals surface area contributed by atoms with E-state index in [1.807, 2.05) is 0 Å². The van der Waals surface area contributed by atoms with Gasteiger partial charge in [-0.2, -0.15) is 5.10 Å². The summed E-state index contributed by atoms with van der Waals surface area (Å²) in [4.78, 5) is 10.5. The van der Waals surface area contributed by atoms with E-state index in [1.165, 1.54) is 24.7 Å². The molecule has 0 N–H and O–H groups in total. The number of aryl methyl sites for hydroxylation is 2. The highest BCUT2D eigenvalue weighted by molar-refractivity contribution is 7.99. The zero-order chi connectivity index (χ0) is 14.2. The van der Waals surface area contributed by atoms with Gasteiger partial charge in [-0.1, -0.05) is 11.8 Å². The van der Waals surface area contributed by atoms with Crippen molar-refractivity contribution in [3.63, 3.8) is 0 Å². The normalized spacial score (nSPS) is 10.7. The molecule has 0 spiro atoms. The Hall–Kier alpha value is -1.96. The molecule has 2 aromatic rings. The van der Waals surface area contributed by atoms with E-state index < -0.39 is 16.6 Å². The number of aromatic nitrogens is 2. The van der Waals surface area contributed by atoms with Gasteiger partial charge in [0.05, 0.1) is 4.92 Å². The first-order valence-electron chi connectivity index (χ1n) is 5.21. The van der Waals surface area contributed by atoms with Gasteiger partial charge in [0.1, 0.15) is 17.3 Å². The maximum absolute atomic E-state index is 13.5. The predicted octanol–water partition coefficient (Wildman–Crippen LogP) is 3.07. The Morgan fingerprint density at radius 3 is 2.68 bits per heavy atom. The van der Waals surface area contributed by atoms with Crippen molar-refractivity contribution in [3.05, 3.63) is 45.6 Å². The van der Waals surface area contributed by atoms with E-state index in [0.29, 0.717) is 0 Å². The maximum atomic E-state index is 13.5. The first-order valence-corrected chi connectivity index (χ1v) is 6.02. The van der Waals surface area contributed by atoms with Crippen LogP contribution in [0, 0.1) is 28.7 Å². The second kappa shape index (κ2) is 4.96. The highest BCUT2D eigenvalue weighted by atomic mass is 32.2. The quantitative estimate of drug-likeness (QED) is 0.642. The van der Waals surface area contributed by atoms with Crippen LogP contribution in [0.2, 0.25) is 0 Å². The molecule has 0 saturated carbocycles. The Morgan fingerprint density at radius 2 is 2.11 bits per heavy atom. The summed E-state index contributed by atoms with van der Waals surface area (Å²) in [5.74, 6) is -1.46. The average molecular weight is 285 g/mol. The molecule has 0 bridgehead atoms. The topological polar surface area (TPSA) is 61.0 Å². The van der Waals surface area contributed by atoms with Crippen LogP contribution in [0.15, 0.2) is 28.1 Å². The van der Waals surface area contributed by atoms with Gasteiger partial charge in [0.25, 0.3) is 0 Å². The second-order valence-electron chi connectivity index (χ2n) is 3.80. The number of hydrogen-bond acceptors (Lipinski definition) is 4. The monoisotopic (exact) mass is 285 g/mol. The van der Waals surface area contributed by atoms with E-state index in [-0.39, 0.29) is 21.3 Å². The number of nitro groups is 1. The van der Waals surface area contributed by atoms with Crippen molar-refractivity contribution in [3.8, 4) is 0 Å². The van der Waals surface area contributed by atoms with E-state index in [0.717, 1.165) is 23.9 Å². The molecule has 0 unspecified atom stereocenters. The van der Waals surface area contributed by atoms with Gasteiger partial charge in [-0.25, -0.2) is 8.78 Å². The Kier molecular flexibility index (Phi) is 3.52. The minimum absolute atomic E-state index is 0.104. The van der Waals surface area contributed by atoms with Crippen molar-refractivity contribution >= 4 is 17.4 Å². The van der Waals surface area contributed by atoms with Crippen molar-refractivity contribution in [2.45, 2.75) is 16.8 Å². The summed E-state index contributed by atoms with van der Waals surface area (Å²) >= 11 is 0.842. The fourth-order valence-corrected chi connectivity index (χ4v) is 2.61. The molecule has 0 radical (unpaired) electrons. The molecule has 1 heterocycles. The summed E-state index contributed by atoms with van der Waals surface area (Å²) in [5.41, 5.74) is 0.0775. The predicted molar refractivity (Wildman–Crippen MR) is 65.1 cm³/mol. The first kappa shape index (κ1) is 13.5. The standard InChI is InChI=1S/C11H9F2N3O2S/c1-6-10(16(17)18)11(15(2)14-6)19-9-4-3-7(12)5-8(9)13/h3-5H,1-2H3. The van der Waals surface area contributed by atoms with Crippen molar-refractivity contribution < 1.29 is 13.7 Å². The van der Waals surface area contributed by atoms with Crippen molar-refractivity contribution in [2.24, 2.45) is 7.05 Å². The van der Waals surface area contributed by atoms with Crippen molar-refractivity contribution in [1.82, 2.24) is 9.78 Å². The molecule has 8 heteroatoms. The van der Waals surface area contributed by atoms with Gasteiger partial charge in [0.15, 0.2) is 5.03 Å². The molecule has 0 atom stereocenters. The minimum atomic E-state index is -0.766. The summed E-state index contributed by atoms with van der Waals surface area (Å²) < 4.78 is 27.7. The summed E-state index contributed by atoms with van der Waals surface area (Å²) in [7, 11) is 1.53. The van der Waals surface area contributed by atoms with Crippen LogP contribution in [-0.2, 0) is 7.05 Å². The van der Waals surface area contributed by atoms with E-state index in [9.17, 15) is 18.9 Å². The van der Waals surface area contributed by atoms with Gasteiger partial charge in [-0.05, 0) is 19.1 Å². The molecule has 5 nitrogen and oxygen atoms in total. The van der Waals surface area contributed by atoms with E-state index >= 15 is 0 Å². The largest absolute Gasteiger partial charge is 0.324 e. The number of rotatable bonds is 3. The van der Waals surface area contributed by atoms with Crippen LogP contribution >= 0.6 is 11.8 Å². The number of halogens is 2. The van der Waals surface area contributed by atoms with Gasteiger partial charge in [-0.3, -0.25) is 14.8 Å². The smallest absolute Gasteiger partial charge is 0.258 e. The first-order chi connectivity index (χ1) is 8.90. The minimum Gasteiger partial charge on any atom is -0.258 e. The molecule has 100 valence electrons. The second-order valence-corrected chi connectivity index (χ2v) is 4.83. The lowest BCUT2D eigenvalue weighted by atomic mass is 10.3. The highest BCUT2D eigenvalue weighted by Gasteiger charge is 2.25. The zero-order valence-electron chi connectivity index (χ0n) is 10.1. The zero-order valence-corrected chi connectivity index (χ0v) is 10.9. The number of hydrogen-bond donors (Lipinski definition) is 0. The van der Waals surface area contributed by atoms with Crippen molar-refractivity contribution in [2.75, 3.05) is 0 Å². The third-order valence-corrected chi connectivity index (χ3v) is 3.62. The number of nitrogens with zero attached hydrogens (tertiary/aromatic N) is 3. The Balaban J connectivity index is 2.46. The highest BCUT2D eigenvalue weighted by Crippen LogP contribution is 2.37. The van der Waals surface area contributed by atoms with Crippen LogP contribution in [0.1, 0.15) is 5.69 Å². The lowest BCUT2D eigenvalue weighted by Gasteiger charge is -2.03. The fraction of sp³-hybridized carbons (Fsp3) is 0.182. The van der Waals surface area contributed by atoms with Crippen molar-refractivity contribution in [1.29, 1.82) is 0 Å². The van der Waals surface area contributed by atoms with E-state index in [2.05, 4.69) is 5.10 Å². The molecule has 0 aliphatic carbocycles. The molecule has 0 saturated heterocycles. The van der Waals surface area contributed by atoms with Crippen LogP contribution < -0.4 is 0 Å². The third-order valence-electron chi connectivity index (χ3n) is 2.42. The number of benzene rings is 1.